The summed E-state index contributed by atoms with van der Waals surface area (Å²) in [6, 6.07) is -7.22. The molecule has 1 rings (SSSR count). The van der Waals surface area contributed by atoms with Gasteiger partial charge in [0.15, 0.2) is 0 Å². The molecule has 8 atom stereocenters. The van der Waals surface area contributed by atoms with Crippen LogP contribution in [0.5, 0.6) is 0 Å². The predicted octanol–water partition coefficient (Wildman–Crippen LogP) is 2.31. The minimum Gasteiger partial charge on any atom is -0.444 e. The number of hydrogen-bond donors (Lipinski definition) is 4. The molecule has 21 nitrogen and oxygen atoms in total. The molecule has 0 aromatic carbocycles. The summed E-state index contributed by atoms with van der Waals surface area (Å²) in [7, 11) is 7.09. The molecule has 1 aliphatic heterocycles. The van der Waals surface area contributed by atoms with E-state index in [2.05, 4.69) is 16.0 Å². The van der Waals surface area contributed by atoms with Crippen LogP contribution in [0.4, 0.5) is 4.79 Å². The molecular formula is C51H87N9O12. The molecule has 0 saturated heterocycles. The standard InChI is InChI=1S/C51H87N9O12/c1-19-21-22-33(9)43(64)42(44(65)54-35(20-2)46(67)55(14)29-38(61)52-25-26-60-39(62)23-24-40(60)63)59(18)49(70)41(32(7)8)58(17)48(69)37(28-31(5)6)57(16)47(68)36(27-30(3)4)56(15)45(66)34(10)53-50(71)72-51(11,12)13/h19,21,23-24,30-37,41-43,64H,20,22,25-29H2,1-18H3,(H,52,61)(H,53,71)(H,54,65)/b21-19+/t33-,34-,35+,36+,37+,41+,42+,43-/m1/s1. The molecule has 0 bridgehead atoms. The highest BCUT2D eigenvalue weighted by Gasteiger charge is 2.44. The smallest absolute Gasteiger partial charge is 0.408 e. The lowest BCUT2D eigenvalue weighted by Gasteiger charge is -2.41. The van der Waals surface area contributed by atoms with Crippen molar-refractivity contribution in [2.24, 2.45) is 23.7 Å². The van der Waals surface area contributed by atoms with E-state index >= 15 is 0 Å². The Hall–Kier alpha value is -5.86. The molecule has 408 valence electrons. The molecule has 72 heavy (non-hydrogen) atoms. The summed E-state index contributed by atoms with van der Waals surface area (Å²) in [5, 5.41) is 19.7. The van der Waals surface area contributed by atoms with Gasteiger partial charge in [0.2, 0.25) is 41.4 Å². The Balaban J connectivity index is 3.55. The molecule has 0 unspecified atom stereocenters. The van der Waals surface area contributed by atoms with Crippen LogP contribution in [0.15, 0.2) is 24.3 Å². The van der Waals surface area contributed by atoms with Crippen LogP contribution >= 0.6 is 0 Å². The minimum atomic E-state index is -1.57. The van der Waals surface area contributed by atoms with E-state index in [1.807, 2.05) is 27.7 Å². The highest BCUT2D eigenvalue weighted by atomic mass is 16.6. The Morgan fingerprint density at radius 3 is 1.65 bits per heavy atom. The molecule has 0 radical (unpaired) electrons. The van der Waals surface area contributed by atoms with Gasteiger partial charge < -0.3 is 50.3 Å². The number of alkyl carbamates (subject to hydrolysis) is 1. The number of likely N-dealkylation sites (N-methyl/N-ethyl adjacent to an activating group) is 5. The maximum Gasteiger partial charge on any atom is 0.408 e. The van der Waals surface area contributed by atoms with Crippen LogP contribution in [0, 0.1) is 23.7 Å². The van der Waals surface area contributed by atoms with Crippen LogP contribution in [-0.2, 0) is 47.9 Å². The van der Waals surface area contributed by atoms with E-state index < -0.39 is 126 Å². The van der Waals surface area contributed by atoms with Crippen molar-refractivity contribution in [1.82, 2.24) is 45.3 Å². The summed E-state index contributed by atoms with van der Waals surface area (Å²) >= 11 is 0. The van der Waals surface area contributed by atoms with E-state index in [1.165, 1.54) is 56.9 Å². The molecule has 0 aliphatic carbocycles. The van der Waals surface area contributed by atoms with Crippen LogP contribution < -0.4 is 16.0 Å². The summed E-state index contributed by atoms with van der Waals surface area (Å²) in [4.78, 5) is 142. The Kier molecular flexibility index (Phi) is 25.8. The molecule has 1 heterocycles. The maximum absolute atomic E-state index is 14.9. The molecule has 0 aromatic heterocycles. The highest BCUT2D eigenvalue weighted by Crippen LogP contribution is 2.25. The van der Waals surface area contributed by atoms with Crippen LogP contribution in [0.2, 0.25) is 0 Å². The van der Waals surface area contributed by atoms with Crippen molar-refractivity contribution in [2.75, 3.05) is 54.9 Å². The Bertz CT molecular complexity index is 1960. The van der Waals surface area contributed by atoms with Gasteiger partial charge >= 0.3 is 6.09 Å². The summed E-state index contributed by atoms with van der Waals surface area (Å²) < 4.78 is 5.33. The van der Waals surface area contributed by atoms with Crippen molar-refractivity contribution < 1.29 is 57.8 Å². The van der Waals surface area contributed by atoms with E-state index in [1.54, 1.807) is 67.5 Å². The third kappa shape index (κ3) is 19.0. The quantitative estimate of drug-likeness (QED) is 0.0684. The first kappa shape index (κ1) is 64.2. The molecule has 0 fully saturated rings. The first-order valence-corrected chi connectivity index (χ1v) is 24.9. The fourth-order valence-electron chi connectivity index (χ4n) is 8.28. The fourth-order valence-corrected chi connectivity index (χ4v) is 8.28. The maximum atomic E-state index is 14.9. The van der Waals surface area contributed by atoms with Gasteiger partial charge in [0.05, 0.1) is 12.6 Å². The summed E-state index contributed by atoms with van der Waals surface area (Å²) in [5.41, 5.74) is -0.815. The van der Waals surface area contributed by atoms with Crippen LogP contribution in [0.3, 0.4) is 0 Å². The second kappa shape index (κ2) is 29.0. The molecule has 1 aliphatic rings. The first-order valence-electron chi connectivity index (χ1n) is 24.9. The molecule has 0 aromatic rings. The fraction of sp³-hybridized carbons (Fsp3) is 0.725. The number of imide groups is 1. The number of nitrogens with zero attached hydrogens (tertiary/aromatic N) is 6. The van der Waals surface area contributed by atoms with E-state index in [-0.39, 0.29) is 44.2 Å². The SMILES string of the molecule is C/C=C/C[C@@H](C)[C@@H](O)[C@@H](C(=O)N[C@@H](CC)C(=O)N(C)CC(=O)NCCN1C(=O)C=CC1=O)N(C)C(=O)[C@H](C(C)C)N(C)C(=O)[C@H](CC(C)C)N(C)C(=O)[C@H](CC(C)C)N(C)C(=O)[C@@H](C)NC(=O)OC(C)(C)C. The average molecular weight is 1020 g/mol. The molecule has 0 saturated carbocycles. The number of ether oxygens (including phenoxy) is 1. The zero-order chi connectivity index (χ0) is 55.7. The lowest BCUT2D eigenvalue weighted by atomic mass is 9.91. The van der Waals surface area contributed by atoms with Gasteiger partial charge in [0.25, 0.3) is 11.8 Å². The van der Waals surface area contributed by atoms with Gasteiger partial charge in [-0.05, 0) is 84.0 Å². The van der Waals surface area contributed by atoms with Gasteiger partial charge in [-0.2, -0.15) is 0 Å². The number of rotatable bonds is 27. The third-order valence-electron chi connectivity index (χ3n) is 12.4. The zero-order valence-corrected chi connectivity index (χ0v) is 46.2. The lowest BCUT2D eigenvalue weighted by molar-refractivity contribution is -0.157. The van der Waals surface area contributed by atoms with E-state index in [0.29, 0.717) is 6.42 Å². The van der Waals surface area contributed by atoms with Crippen LogP contribution in [0.1, 0.15) is 116 Å². The molecule has 0 spiro atoms. The Labute approximate surface area is 427 Å². The number of carbonyl (C=O) groups is 10. The van der Waals surface area contributed by atoms with Crippen molar-refractivity contribution in [2.45, 2.75) is 164 Å². The first-order chi connectivity index (χ1) is 33.2. The number of nitrogens with one attached hydrogen (secondary N) is 3. The van der Waals surface area contributed by atoms with Gasteiger partial charge in [-0.3, -0.25) is 48.1 Å². The van der Waals surface area contributed by atoms with Gasteiger partial charge in [0.1, 0.15) is 41.9 Å². The van der Waals surface area contributed by atoms with Crippen molar-refractivity contribution in [3.8, 4) is 0 Å². The predicted molar refractivity (Wildman–Crippen MR) is 272 cm³/mol. The van der Waals surface area contributed by atoms with Gasteiger partial charge in [0, 0.05) is 60.5 Å². The lowest BCUT2D eigenvalue weighted by Crippen LogP contribution is -2.63. The van der Waals surface area contributed by atoms with Crippen molar-refractivity contribution in [3.63, 3.8) is 0 Å². The van der Waals surface area contributed by atoms with Crippen molar-refractivity contribution in [1.29, 1.82) is 0 Å². The van der Waals surface area contributed by atoms with Gasteiger partial charge in [-0.15, -0.1) is 0 Å². The number of aliphatic hydroxyl groups excluding tert-OH is 1. The van der Waals surface area contributed by atoms with Crippen LogP contribution in [0.25, 0.3) is 0 Å². The minimum absolute atomic E-state index is 0.0550. The number of hydrogen-bond acceptors (Lipinski definition) is 12. The average Bonchev–Trinajstić information content (AvgIpc) is 3.60. The number of aliphatic hydroxyl groups is 1. The monoisotopic (exact) mass is 1020 g/mol. The van der Waals surface area contributed by atoms with Crippen molar-refractivity contribution in [3.05, 3.63) is 24.3 Å². The zero-order valence-electron chi connectivity index (χ0n) is 46.2. The van der Waals surface area contributed by atoms with Crippen LogP contribution in [-0.4, -0.2) is 197 Å². The number of carbonyl (C=O) groups excluding carboxylic acids is 10. The molecule has 10 amide bonds. The van der Waals surface area contributed by atoms with E-state index in [9.17, 15) is 53.1 Å². The van der Waals surface area contributed by atoms with Gasteiger partial charge in [-0.25, -0.2) is 4.79 Å². The Morgan fingerprint density at radius 1 is 0.708 bits per heavy atom. The van der Waals surface area contributed by atoms with E-state index in [4.69, 9.17) is 4.74 Å². The highest BCUT2D eigenvalue weighted by molar-refractivity contribution is 6.13. The summed E-state index contributed by atoms with van der Waals surface area (Å²) in [5.74, 6) is -6.81. The van der Waals surface area contributed by atoms with Crippen molar-refractivity contribution >= 4 is 59.3 Å². The third-order valence-corrected chi connectivity index (χ3v) is 12.4. The molecule has 4 N–H and O–H groups in total. The molecule has 21 heteroatoms. The Morgan fingerprint density at radius 2 is 1.19 bits per heavy atom. The summed E-state index contributed by atoms with van der Waals surface area (Å²) in [6.07, 6.45) is 4.36. The second-order valence-electron chi connectivity index (χ2n) is 21.0. The number of allylic oxidation sites excluding steroid dienone is 2. The molecular weight excluding hydrogens is 931 g/mol. The van der Waals surface area contributed by atoms with E-state index in [0.717, 1.165) is 26.9 Å². The second-order valence-corrected chi connectivity index (χ2v) is 21.0. The summed E-state index contributed by atoms with van der Waals surface area (Å²) in [6.45, 7) is 22.1. The largest absolute Gasteiger partial charge is 0.444 e. The normalized spacial score (nSPS) is 16.1. The van der Waals surface area contributed by atoms with Gasteiger partial charge in [-0.1, -0.05) is 67.5 Å². The topological polar surface area (TPSA) is 256 Å². The number of amides is 10.